The monoisotopic (exact) mass is 350 g/mol. The number of carbonyl (C=O) groups excluding carboxylic acids is 1. The molecule has 0 saturated carbocycles. The average Bonchev–Trinajstić information content (AvgIpc) is 2.18. The van der Waals surface area contributed by atoms with Crippen LogP contribution in [0.15, 0.2) is 12.2 Å². The summed E-state index contributed by atoms with van der Waals surface area (Å²) in [5, 5.41) is 8.47. The van der Waals surface area contributed by atoms with Crippen LogP contribution in [0, 0.1) is 0 Å². The van der Waals surface area contributed by atoms with E-state index in [2.05, 4.69) is 39.3 Å². The number of hydrogen-bond acceptors (Lipinski definition) is 5. The van der Waals surface area contributed by atoms with Crippen molar-refractivity contribution in [3.8, 4) is 0 Å². The van der Waals surface area contributed by atoms with Crippen molar-refractivity contribution in [3.63, 3.8) is 0 Å². The third-order valence-electron chi connectivity index (χ3n) is 1.88. The summed E-state index contributed by atoms with van der Waals surface area (Å²) in [5.74, 6) is -1.89. The van der Waals surface area contributed by atoms with Crippen molar-refractivity contribution in [2.75, 3.05) is 6.23 Å². The molecular weight excluding hydrogens is 324 g/mol. The highest BCUT2D eigenvalue weighted by atomic mass is 28.5. The summed E-state index contributed by atoms with van der Waals surface area (Å²) >= 11 is 0. The molecular formula is C12H26O6Si3. The van der Waals surface area contributed by atoms with Gasteiger partial charge in [-0.3, -0.25) is 0 Å². The van der Waals surface area contributed by atoms with Crippen LogP contribution in [0.1, 0.15) is 0 Å². The lowest BCUT2D eigenvalue weighted by molar-refractivity contribution is -0.137. The molecule has 0 bridgehead atoms. The summed E-state index contributed by atoms with van der Waals surface area (Å²) in [7, 11) is -6.33. The van der Waals surface area contributed by atoms with Gasteiger partial charge in [-0.2, -0.15) is 0 Å². The molecule has 0 aliphatic rings. The Morgan fingerprint density at radius 1 is 0.905 bits per heavy atom. The van der Waals surface area contributed by atoms with E-state index in [0.717, 1.165) is 12.2 Å². The first kappa shape index (κ1) is 20.3. The van der Waals surface area contributed by atoms with Gasteiger partial charge in [0.05, 0.1) is 0 Å². The van der Waals surface area contributed by atoms with Crippen LogP contribution in [-0.4, -0.2) is 48.5 Å². The summed E-state index contributed by atoms with van der Waals surface area (Å²) < 4.78 is 17.4. The van der Waals surface area contributed by atoms with E-state index in [4.69, 9.17) is 18.1 Å². The SMILES string of the molecule is C[Si](C)(C)O[Si](C)(COC(=O)/C=C/C(=O)O)O[Si](C)(C)C. The van der Waals surface area contributed by atoms with Gasteiger partial charge in [-0.25, -0.2) is 9.59 Å². The van der Waals surface area contributed by atoms with Gasteiger partial charge in [-0.05, 0) is 45.8 Å². The maximum atomic E-state index is 11.5. The molecule has 1 N–H and O–H groups in total. The fourth-order valence-corrected chi connectivity index (χ4v) is 13.5. The highest BCUT2D eigenvalue weighted by Crippen LogP contribution is 2.21. The second-order valence-corrected chi connectivity index (χ2v) is 19.5. The molecule has 122 valence electrons. The smallest absolute Gasteiger partial charge is 0.353 e. The van der Waals surface area contributed by atoms with Crippen molar-refractivity contribution < 1.29 is 27.7 Å². The Bertz CT molecular complexity index is 392. The molecule has 0 atom stereocenters. The number of carbonyl (C=O) groups is 2. The Kier molecular flexibility index (Phi) is 7.23. The van der Waals surface area contributed by atoms with E-state index in [-0.39, 0.29) is 6.23 Å². The summed E-state index contributed by atoms with van der Waals surface area (Å²) in [6, 6.07) is 0. The predicted octanol–water partition coefficient (Wildman–Crippen LogP) is 2.48. The van der Waals surface area contributed by atoms with Crippen molar-refractivity contribution >= 4 is 37.1 Å². The highest BCUT2D eigenvalue weighted by Gasteiger charge is 2.41. The van der Waals surface area contributed by atoms with E-state index in [1.165, 1.54) is 0 Å². The molecule has 6 nitrogen and oxygen atoms in total. The predicted molar refractivity (Wildman–Crippen MR) is 88.2 cm³/mol. The molecule has 0 rings (SSSR count). The molecule has 0 aromatic rings. The number of carboxylic acid groups (broad SMARTS) is 1. The Balaban J connectivity index is 4.84. The van der Waals surface area contributed by atoms with E-state index >= 15 is 0 Å². The van der Waals surface area contributed by atoms with Crippen molar-refractivity contribution in [2.24, 2.45) is 0 Å². The second-order valence-electron chi connectivity index (χ2n) is 6.84. The molecule has 0 aromatic carbocycles. The first-order chi connectivity index (χ1) is 9.22. The first-order valence-corrected chi connectivity index (χ1v) is 16.0. The number of esters is 1. The van der Waals surface area contributed by atoms with Gasteiger partial charge in [0.1, 0.15) is 6.23 Å². The van der Waals surface area contributed by atoms with Crippen LogP contribution in [0.2, 0.25) is 45.8 Å². The van der Waals surface area contributed by atoms with Crippen LogP contribution < -0.4 is 0 Å². The molecule has 0 unspecified atom stereocenters. The van der Waals surface area contributed by atoms with Gasteiger partial charge in [0.25, 0.3) is 0 Å². The zero-order valence-electron chi connectivity index (χ0n) is 13.9. The van der Waals surface area contributed by atoms with Gasteiger partial charge in [0, 0.05) is 12.2 Å². The zero-order chi connectivity index (χ0) is 16.9. The van der Waals surface area contributed by atoms with Crippen LogP contribution in [0.3, 0.4) is 0 Å². The molecule has 0 spiro atoms. The van der Waals surface area contributed by atoms with Crippen LogP contribution in [0.25, 0.3) is 0 Å². The maximum Gasteiger partial charge on any atom is 0.353 e. The van der Waals surface area contributed by atoms with Crippen LogP contribution in [0.5, 0.6) is 0 Å². The highest BCUT2D eigenvalue weighted by molar-refractivity contribution is 6.87. The zero-order valence-corrected chi connectivity index (χ0v) is 16.9. The molecule has 0 heterocycles. The standard InChI is InChI=1S/C12H26O6Si3/c1-19(2,3)17-21(7,18-20(4,5)6)10-16-12(15)9-8-11(13)14/h8-9H,10H2,1-7H3,(H,13,14)/b9-8+. The van der Waals surface area contributed by atoms with E-state index in [9.17, 15) is 9.59 Å². The first-order valence-electron chi connectivity index (χ1n) is 6.71. The molecule has 0 saturated heterocycles. The minimum Gasteiger partial charge on any atom is -0.478 e. The van der Waals surface area contributed by atoms with Crippen LogP contribution >= 0.6 is 0 Å². The van der Waals surface area contributed by atoms with Crippen molar-refractivity contribution in [3.05, 3.63) is 12.2 Å². The van der Waals surface area contributed by atoms with Crippen molar-refractivity contribution in [2.45, 2.75) is 45.8 Å². The van der Waals surface area contributed by atoms with E-state index < -0.39 is 37.1 Å². The number of aliphatic carboxylic acids is 1. The molecule has 0 amide bonds. The lowest BCUT2D eigenvalue weighted by atomic mass is 10.5. The van der Waals surface area contributed by atoms with Crippen LogP contribution in [-0.2, 0) is 22.6 Å². The number of ether oxygens (including phenoxy) is 1. The normalized spacial score (nSPS) is 13.5. The van der Waals surface area contributed by atoms with Gasteiger partial charge >= 0.3 is 20.5 Å². The van der Waals surface area contributed by atoms with Gasteiger partial charge in [-0.1, -0.05) is 0 Å². The largest absolute Gasteiger partial charge is 0.478 e. The van der Waals surface area contributed by atoms with E-state index in [0.29, 0.717) is 0 Å². The molecule has 0 radical (unpaired) electrons. The maximum absolute atomic E-state index is 11.5. The Morgan fingerprint density at radius 2 is 1.33 bits per heavy atom. The number of rotatable bonds is 8. The fraction of sp³-hybridized carbons (Fsp3) is 0.667. The molecule has 0 aliphatic carbocycles. The number of hydrogen-bond donors (Lipinski definition) is 1. The summed E-state index contributed by atoms with van der Waals surface area (Å²) in [6.45, 7) is 14.2. The van der Waals surface area contributed by atoms with Crippen molar-refractivity contribution in [1.29, 1.82) is 0 Å². The molecule has 0 aromatic heterocycles. The quantitative estimate of drug-likeness (QED) is 0.411. The molecule has 21 heavy (non-hydrogen) atoms. The van der Waals surface area contributed by atoms with E-state index in [1.807, 2.05) is 6.55 Å². The van der Waals surface area contributed by atoms with Crippen molar-refractivity contribution in [1.82, 2.24) is 0 Å². The van der Waals surface area contributed by atoms with Gasteiger partial charge in [-0.15, -0.1) is 0 Å². The summed E-state index contributed by atoms with van der Waals surface area (Å²) in [6.07, 6.45) is 1.70. The molecule has 9 heteroatoms. The Morgan fingerprint density at radius 3 is 1.67 bits per heavy atom. The van der Waals surface area contributed by atoms with E-state index in [1.54, 1.807) is 0 Å². The average molecular weight is 351 g/mol. The Labute approximate surface area is 129 Å². The Hall–Kier alpha value is -0.749. The van der Waals surface area contributed by atoms with Gasteiger partial charge < -0.3 is 18.1 Å². The third-order valence-corrected chi connectivity index (χ3v) is 10.9. The lowest BCUT2D eigenvalue weighted by Gasteiger charge is -2.37. The topological polar surface area (TPSA) is 82.1 Å². The fourth-order valence-electron chi connectivity index (χ4n) is 1.76. The summed E-state index contributed by atoms with van der Waals surface area (Å²) in [4.78, 5) is 21.8. The van der Waals surface area contributed by atoms with Crippen LogP contribution in [0.4, 0.5) is 0 Å². The molecule has 0 aliphatic heterocycles. The summed E-state index contributed by atoms with van der Waals surface area (Å²) in [5.41, 5.74) is 0. The van der Waals surface area contributed by atoms with Gasteiger partial charge in [0.15, 0.2) is 16.6 Å². The minimum atomic E-state index is -2.64. The minimum absolute atomic E-state index is 0.0599. The second kappa shape index (κ2) is 7.49. The van der Waals surface area contributed by atoms with Gasteiger partial charge in [0.2, 0.25) is 0 Å². The molecule has 0 fully saturated rings. The number of carboxylic acids is 1. The lowest BCUT2D eigenvalue weighted by Crippen LogP contribution is -2.56. The third kappa shape index (κ3) is 11.6.